The number of carbonyl (C=O) groups excluding carboxylic acids is 2. The normalized spacial score (nSPS) is 15.2. The number of nitrogens with one attached hydrogen (secondary N) is 2. The molecule has 1 aliphatic heterocycles. The van der Waals surface area contributed by atoms with Crippen LogP contribution >= 0.6 is 0 Å². The standard InChI is InChI=1S/C15H21N3O4/c1-21-15(20)18-9-7-13(8-10-18)16-14(19)17-22-11-12-5-3-2-4-6-12/h2-6,13H,7-11H2,1H3,(H2,16,17,19). The molecule has 0 atom stereocenters. The summed E-state index contributed by atoms with van der Waals surface area (Å²) in [7, 11) is 1.37. The van der Waals surface area contributed by atoms with Crippen LogP contribution in [0, 0.1) is 0 Å². The van der Waals surface area contributed by atoms with Gasteiger partial charge < -0.3 is 15.0 Å². The number of amides is 3. The average molecular weight is 307 g/mol. The summed E-state index contributed by atoms with van der Waals surface area (Å²) in [6.45, 7) is 1.46. The van der Waals surface area contributed by atoms with Crippen molar-refractivity contribution in [1.82, 2.24) is 15.7 Å². The van der Waals surface area contributed by atoms with Gasteiger partial charge in [0.15, 0.2) is 0 Å². The van der Waals surface area contributed by atoms with Gasteiger partial charge in [-0.25, -0.2) is 15.1 Å². The van der Waals surface area contributed by atoms with Crippen molar-refractivity contribution in [1.29, 1.82) is 0 Å². The second-order valence-corrected chi connectivity index (χ2v) is 5.08. The van der Waals surface area contributed by atoms with Crippen molar-refractivity contribution in [2.75, 3.05) is 20.2 Å². The molecule has 0 unspecified atom stereocenters. The molecule has 7 heteroatoms. The van der Waals surface area contributed by atoms with Crippen molar-refractivity contribution in [3.05, 3.63) is 35.9 Å². The number of piperidine rings is 1. The topological polar surface area (TPSA) is 79.9 Å². The van der Waals surface area contributed by atoms with Crippen molar-refractivity contribution in [2.24, 2.45) is 0 Å². The zero-order chi connectivity index (χ0) is 15.8. The van der Waals surface area contributed by atoms with E-state index in [1.54, 1.807) is 4.90 Å². The highest BCUT2D eigenvalue weighted by Gasteiger charge is 2.24. The molecule has 0 bridgehead atoms. The van der Waals surface area contributed by atoms with E-state index in [1.165, 1.54) is 7.11 Å². The van der Waals surface area contributed by atoms with Crippen LogP contribution in [0.2, 0.25) is 0 Å². The molecule has 1 heterocycles. The molecule has 1 aliphatic rings. The second-order valence-electron chi connectivity index (χ2n) is 5.08. The molecular formula is C15H21N3O4. The monoisotopic (exact) mass is 307 g/mol. The van der Waals surface area contributed by atoms with E-state index in [1.807, 2.05) is 30.3 Å². The van der Waals surface area contributed by atoms with Gasteiger partial charge in [0, 0.05) is 19.1 Å². The highest BCUT2D eigenvalue weighted by Crippen LogP contribution is 2.11. The first-order valence-electron chi connectivity index (χ1n) is 7.24. The first-order valence-corrected chi connectivity index (χ1v) is 7.24. The Morgan fingerprint density at radius 1 is 1.23 bits per heavy atom. The van der Waals surface area contributed by atoms with E-state index in [9.17, 15) is 9.59 Å². The number of hydrogen-bond donors (Lipinski definition) is 2. The maximum absolute atomic E-state index is 11.7. The molecule has 22 heavy (non-hydrogen) atoms. The van der Waals surface area contributed by atoms with Crippen molar-refractivity contribution in [2.45, 2.75) is 25.5 Å². The lowest BCUT2D eigenvalue weighted by molar-refractivity contribution is 0.0469. The average Bonchev–Trinajstić information content (AvgIpc) is 2.56. The van der Waals surface area contributed by atoms with Crippen LogP contribution in [0.25, 0.3) is 0 Å². The predicted octanol–water partition coefficient (Wildman–Crippen LogP) is 1.65. The number of rotatable bonds is 4. The largest absolute Gasteiger partial charge is 0.453 e. The number of ether oxygens (including phenoxy) is 1. The Labute approximate surface area is 129 Å². The quantitative estimate of drug-likeness (QED) is 0.829. The fourth-order valence-electron chi connectivity index (χ4n) is 2.31. The van der Waals surface area contributed by atoms with Crippen LogP contribution in [0.15, 0.2) is 30.3 Å². The lowest BCUT2D eigenvalue weighted by atomic mass is 10.1. The van der Waals surface area contributed by atoms with Crippen LogP contribution in [-0.4, -0.2) is 43.3 Å². The second kappa shape index (κ2) is 8.23. The molecule has 1 aromatic rings. The number of likely N-dealkylation sites (tertiary alicyclic amines) is 1. The molecule has 0 saturated carbocycles. The zero-order valence-corrected chi connectivity index (χ0v) is 12.6. The van der Waals surface area contributed by atoms with Crippen LogP contribution in [0.4, 0.5) is 9.59 Å². The summed E-state index contributed by atoms with van der Waals surface area (Å²) in [4.78, 5) is 29.9. The molecular weight excluding hydrogens is 286 g/mol. The zero-order valence-electron chi connectivity index (χ0n) is 12.6. The smallest absolute Gasteiger partial charge is 0.409 e. The molecule has 0 aliphatic carbocycles. The lowest BCUT2D eigenvalue weighted by Gasteiger charge is -2.31. The summed E-state index contributed by atoms with van der Waals surface area (Å²) in [6, 6.07) is 9.24. The molecule has 120 valence electrons. The first-order chi connectivity index (χ1) is 10.7. The molecule has 2 N–H and O–H groups in total. The third-order valence-corrected chi connectivity index (χ3v) is 3.51. The van der Waals surface area contributed by atoms with Crippen LogP contribution in [0.5, 0.6) is 0 Å². The molecule has 7 nitrogen and oxygen atoms in total. The highest BCUT2D eigenvalue weighted by molar-refractivity contribution is 5.73. The Morgan fingerprint density at radius 3 is 2.55 bits per heavy atom. The Morgan fingerprint density at radius 2 is 1.91 bits per heavy atom. The van der Waals surface area contributed by atoms with Gasteiger partial charge in [-0.05, 0) is 18.4 Å². The fraction of sp³-hybridized carbons (Fsp3) is 0.467. The van der Waals surface area contributed by atoms with Crippen molar-refractivity contribution in [3.63, 3.8) is 0 Å². The highest BCUT2D eigenvalue weighted by atomic mass is 16.7. The molecule has 0 radical (unpaired) electrons. The SMILES string of the molecule is COC(=O)N1CCC(NC(=O)NOCc2ccccc2)CC1. The molecule has 1 aromatic carbocycles. The van der Waals surface area contributed by atoms with Gasteiger partial charge in [0.25, 0.3) is 0 Å². The van der Waals surface area contributed by atoms with Crippen LogP contribution < -0.4 is 10.8 Å². The predicted molar refractivity (Wildman–Crippen MR) is 79.9 cm³/mol. The number of hydroxylamine groups is 1. The van der Waals surface area contributed by atoms with Crippen LogP contribution in [0.3, 0.4) is 0 Å². The third kappa shape index (κ3) is 4.92. The molecule has 1 fully saturated rings. The maximum Gasteiger partial charge on any atom is 0.409 e. The number of methoxy groups -OCH3 is 1. The van der Waals surface area contributed by atoms with Gasteiger partial charge in [-0.15, -0.1) is 0 Å². The summed E-state index contributed by atoms with van der Waals surface area (Å²) in [5, 5.41) is 2.83. The molecule has 2 rings (SSSR count). The number of urea groups is 1. The molecule has 0 aromatic heterocycles. The number of carbonyl (C=O) groups is 2. The van der Waals surface area contributed by atoms with Crippen molar-refractivity contribution < 1.29 is 19.2 Å². The van der Waals surface area contributed by atoms with E-state index < -0.39 is 0 Å². The summed E-state index contributed by atoms with van der Waals surface area (Å²) in [6.07, 6.45) is 1.07. The minimum Gasteiger partial charge on any atom is -0.453 e. The van der Waals surface area contributed by atoms with E-state index >= 15 is 0 Å². The van der Waals surface area contributed by atoms with Gasteiger partial charge in [-0.3, -0.25) is 4.84 Å². The summed E-state index contributed by atoms with van der Waals surface area (Å²) in [5.41, 5.74) is 3.35. The van der Waals surface area contributed by atoms with Crippen molar-refractivity contribution >= 4 is 12.1 Å². The summed E-state index contributed by atoms with van der Waals surface area (Å²) < 4.78 is 4.67. The van der Waals surface area contributed by atoms with Gasteiger partial charge in [0.2, 0.25) is 0 Å². The van der Waals surface area contributed by atoms with Crippen LogP contribution in [0.1, 0.15) is 18.4 Å². The first kappa shape index (κ1) is 16.1. The minimum atomic E-state index is -0.368. The maximum atomic E-state index is 11.7. The number of hydrogen-bond acceptors (Lipinski definition) is 4. The fourth-order valence-corrected chi connectivity index (χ4v) is 2.31. The number of nitrogens with zero attached hydrogens (tertiary/aromatic N) is 1. The van der Waals surface area contributed by atoms with E-state index in [0.29, 0.717) is 32.5 Å². The van der Waals surface area contributed by atoms with Gasteiger partial charge >= 0.3 is 12.1 Å². The van der Waals surface area contributed by atoms with E-state index in [2.05, 4.69) is 15.5 Å². The van der Waals surface area contributed by atoms with E-state index in [-0.39, 0.29) is 18.2 Å². The Hall–Kier alpha value is -2.28. The van der Waals surface area contributed by atoms with Gasteiger partial charge in [-0.2, -0.15) is 0 Å². The summed E-state index contributed by atoms with van der Waals surface area (Å²) >= 11 is 0. The van der Waals surface area contributed by atoms with Crippen LogP contribution in [-0.2, 0) is 16.2 Å². The third-order valence-electron chi connectivity index (χ3n) is 3.51. The molecule has 0 spiro atoms. The van der Waals surface area contributed by atoms with Gasteiger partial charge in [0.05, 0.1) is 13.7 Å². The van der Waals surface area contributed by atoms with Crippen molar-refractivity contribution in [3.8, 4) is 0 Å². The summed E-state index contributed by atoms with van der Waals surface area (Å²) in [5.74, 6) is 0. The molecule has 3 amide bonds. The lowest BCUT2D eigenvalue weighted by Crippen LogP contribution is -2.49. The number of benzene rings is 1. The van der Waals surface area contributed by atoms with Gasteiger partial charge in [-0.1, -0.05) is 30.3 Å². The van der Waals surface area contributed by atoms with Gasteiger partial charge in [0.1, 0.15) is 0 Å². The van der Waals surface area contributed by atoms with E-state index in [0.717, 1.165) is 5.56 Å². The van der Waals surface area contributed by atoms with E-state index in [4.69, 9.17) is 4.84 Å². The Kier molecular flexibility index (Phi) is 6.02. The Bertz CT molecular complexity index is 487. The minimum absolute atomic E-state index is 0.0289. The Balaban J connectivity index is 1.63. The molecule has 1 saturated heterocycles.